The highest BCUT2D eigenvalue weighted by molar-refractivity contribution is 7.13. The number of aromatic nitrogens is 1. The Balaban J connectivity index is 1.76. The molecule has 0 saturated heterocycles. The van der Waals surface area contributed by atoms with E-state index in [1.807, 2.05) is 20.8 Å². The van der Waals surface area contributed by atoms with E-state index in [0.29, 0.717) is 5.56 Å². The molecule has 1 amide bonds. The second-order valence-corrected chi connectivity index (χ2v) is 9.67. The van der Waals surface area contributed by atoms with Gasteiger partial charge in [-0.05, 0) is 51.5 Å². The van der Waals surface area contributed by atoms with Crippen LogP contribution in [0, 0.1) is 20.8 Å². The molecule has 0 bridgehead atoms. The predicted octanol–water partition coefficient (Wildman–Crippen LogP) is 6.24. The normalized spacial score (nSPS) is 12.8. The summed E-state index contributed by atoms with van der Waals surface area (Å²) < 4.78 is 38.8. The number of nitrogens with zero attached hydrogens (tertiary/aromatic N) is 1. The minimum absolute atomic E-state index is 0.137. The van der Waals surface area contributed by atoms with Gasteiger partial charge in [0.2, 0.25) is 5.91 Å². The van der Waals surface area contributed by atoms with Crippen LogP contribution in [0.4, 0.5) is 13.2 Å². The number of thiazole rings is 1. The lowest BCUT2D eigenvalue weighted by Crippen LogP contribution is -2.28. The molecule has 2 heterocycles. The van der Waals surface area contributed by atoms with Gasteiger partial charge in [-0.3, -0.25) is 4.79 Å². The van der Waals surface area contributed by atoms with Crippen LogP contribution in [0.2, 0.25) is 0 Å². The Morgan fingerprint density at radius 1 is 1.17 bits per heavy atom. The summed E-state index contributed by atoms with van der Waals surface area (Å²) in [7, 11) is 0. The molecule has 0 aliphatic heterocycles. The maximum absolute atomic E-state index is 12.9. The number of rotatable bonds is 5. The molecule has 0 spiro atoms. The van der Waals surface area contributed by atoms with E-state index in [2.05, 4.69) is 16.4 Å². The van der Waals surface area contributed by atoms with Gasteiger partial charge in [0, 0.05) is 20.2 Å². The molecule has 1 atom stereocenters. The SMILES string of the molecule is Cc1cc(-c2nc(C)sc2CC(=O)NC(C)c2cccc(C(F)(F)F)c2)c(C)s1. The molecular formula is C21H21F3N2OS2. The summed E-state index contributed by atoms with van der Waals surface area (Å²) >= 11 is 3.15. The van der Waals surface area contributed by atoms with Gasteiger partial charge in [0.15, 0.2) is 0 Å². The van der Waals surface area contributed by atoms with Crippen LogP contribution in [0.25, 0.3) is 11.3 Å². The molecule has 0 fully saturated rings. The number of benzene rings is 1. The molecule has 29 heavy (non-hydrogen) atoms. The summed E-state index contributed by atoms with van der Waals surface area (Å²) in [5, 5.41) is 3.68. The van der Waals surface area contributed by atoms with Gasteiger partial charge in [-0.15, -0.1) is 22.7 Å². The van der Waals surface area contributed by atoms with Crippen molar-refractivity contribution in [2.45, 2.75) is 46.3 Å². The summed E-state index contributed by atoms with van der Waals surface area (Å²) in [6, 6.07) is 6.57. The van der Waals surface area contributed by atoms with Crippen LogP contribution in [0.15, 0.2) is 30.3 Å². The van der Waals surface area contributed by atoms with Crippen molar-refractivity contribution in [2.24, 2.45) is 0 Å². The molecule has 3 rings (SSSR count). The fourth-order valence-electron chi connectivity index (χ4n) is 3.17. The minimum atomic E-state index is -4.41. The van der Waals surface area contributed by atoms with Crippen molar-refractivity contribution in [1.29, 1.82) is 0 Å². The lowest BCUT2D eigenvalue weighted by atomic mass is 10.0. The van der Waals surface area contributed by atoms with Crippen LogP contribution >= 0.6 is 22.7 Å². The van der Waals surface area contributed by atoms with Crippen molar-refractivity contribution in [2.75, 3.05) is 0 Å². The first-order valence-corrected chi connectivity index (χ1v) is 10.7. The predicted molar refractivity (Wildman–Crippen MR) is 111 cm³/mol. The number of hydrogen-bond donors (Lipinski definition) is 1. The average Bonchev–Trinajstić information content (AvgIpc) is 3.14. The highest BCUT2D eigenvalue weighted by atomic mass is 32.1. The van der Waals surface area contributed by atoms with E-state index in [9.17, 15) is 18.0 Å². The largest absolute Gasteiger partial charge is 0.416 e. The lowest BCUT2D eigenvalue weighted by molar-refractivity contribution is -0.137. The van der Waals surface area contributed by atoms with Crippen LogP contribution in [0.1, 0.15) is 43.7 Å². The van der Waals surface area contributed by atoms with Crippen LogP contribution in [-0.4, -0.2) is 10.9 Å². The molecular weight excluding hydrogens is 417 g/mol. The fraction of sp³-hybridized carbons (Fsp3) is 0.333. The third-order valence-electron chi connectivity index (χ3n) is 4.51. The minimum Gasteiger partial charge on any atom is -0.349 e. The quantitative estimate of drug-likeness (QED) is 0.513. The van der Waals surface area contributed by atoms with Crippen LogP contribution < -0.4 is 5.32 Å². The first-order chi connectivity index (χ1) is 13.5. The Morgan fingerprint density at radius 2 is 1.90 bits per heavy atom. The zero-order chi connectivity index (χ0) is 21.3. The van der Waals surface area contributed by atoms with Gasteiger partial charge < -0.3 is 5.32 Å². The third-order valence-corrected chi connectivity index (χ3v) is 6.45. The summed E-state index contributed by atoms with van der Waals surface area (Å²) in [6.07, 6.45) is -4.27. The maximum Gasteiger partial charge on any atom is 0.416 e. The van der Waals surface area contributed by atoms with Gasteiger partial charge in [-0.1, -0.05) is 12.1 Å². The molecule has 154 valence electrons. The van der Waals surface area contributed by atoms with Crippen molar-refractivity contribution >= 4 is 28.6 Å². The van der Waals surface area contributed by atoms with E-state index in [0.717, 1.165) is 38.2 Å². The molecule has 1 unspecified atom stereocenters. The molecule has 8 heteroatoms. The fourth-order valence-corrected chi connectivity index (χ4v) is 5.05. The highest BCUT2D eigenvalue weighted by Gasteiger charge is 2.30. The van der Waals surface area contributed by atoms with E-state index in [-0.39, 0.29) is 12.3 Å². The molecule has 0 saturated carbocycles. The highest BCUT2D eigenvalue weighted by Crippen LogP contribution is 2.35. The summed E-state index contributed by atoms with van der Waals surface area (Å²) in [4.78, 5) is 20.4. The second-order valence-electron chi connectivity index (χ2n) is 6.92. The Morgan fingerprint density at radius 3 is 2.52 bits per heavy atom. The van der Waals surface area contributed by atoms with Crippen LogP contribution in [0.3, 0.4) is 0 Å². The first kappa shape index (κ1) is 21.5. The second kappa shape index (κ2) is 8.28. The Hall–Kier alpha value is -2.19. The zero-order valence-corrected chi connectivity index (χ0v) is 18.1. The van der Waals surface area contributed by atoms with E-state index < -0.39 is 17.8 Å². The van der Waals surface area contributed by atoms with Gasteiger partial charge in [-0.2, -0.15) is 13.2 Å². The Labute approximate surface area is 175 Å². The van der Waals surface area contributed by atoms with Crippen LogP contribution in [0.5, 0.6) is 0 Å². The van der Waals surface area contributed by atoms with Crippen molar-refractivity contribution in [1.82, 2.24) is 10.3 Å². The van der Waals surface area contributed by atoms with Crippen molar-refractivity contribution < 1.29 is 18.0 Å². The molecule has 1 N–H and O–H groups in total. The van der Waals surface area contributed by atoms with Gasteiger partial charge in [-0.25, -0.2) is 4.98 Å². The number of aryl methyl sites for hydroxylation is 3. The van der Waals surface area contributed by atoms with Crippen molar-refractivity contribution in [3.63, 3.8) is 0 Å². The molecule has 3 nitrogen and oxygen atoms in total. The van der Waals surface area contributed by atoms with E-state index >= 15 is 0 Å². The van der Waals surface area contributed by atoms with Gasteiger partial charge in [0.05, 0.1) is 28.7 Å². The average molecular weight is 439 g/mol. The monoisotopic (exact) mass is 438 g/mol. The van der Waals surface area contributed by atoms with Gasteiger partial charge in [0.25, 0.3) is 0 Å². The van der Waals surface area contributed by atoms with Crippen molar-refractivity contribution in [3.05, 3.63) is 61.1 Å². The number of hydrogen-bond acceptors (Lipinski definition) is 4. The zero-order valence-electron chi connectivity index (χ0n) is 16.5. The smallest absolute Gasteiger partial charge is 0.349 e. The number of carbonyl (C=O) groups is 1. The Kier molecular flexibility index (Phi) is 6.14. The molecule has 0 radical (unpaired) electrons. The molecule has 0 aliphatic rings. The number of amides is 1. The molecule has 1 aromatic carbocycles. The van der Waals surface area contributed by atoms with Crippen molar-refractivity contribution in [3.8, 4) is 11.3 Å². The number of carbonyl (C=O) groups excluding carboxylic acids is 1. The topological polar surface area (TPSA) is 42.0 Å². The van der Waals surface area contributed by atoms with Gasteiger partial charge in [0.1, 0.15) is 0 Å². The van der Waals surface area contributed by atoms with E-state index in [4.69, 9.17) is 0 Å². The number of nitrogens with one attached hydrogen (secondary N) is 1. The Bertz CT molecular complexity index is 1040. The first-order valence-electron chi connectivity index (χ1n) is 9.05. The summed E-state index contributed by atoms with van der Waals surface area (Å²) in [6.45, 7) is 7.64. The number of thiophene rings is 1. The summed E-state index contributed by atoms with van der Waals surface area (Å²) in [5.74, 6) is -0.246. The number of halogens is 3. The lowest BCUT2D eigenvalue weighted by Gasteiger charge is -2.16. The van der Waals surface area contributed by atoms with E-state index in [1.54, 1.807) is 24.3 Å². The number of alkyl halides is 3. The maximum atomic E-state index is 12.9. The van der Waals surface area contributed by atoms with Crippen LogP contribution in [-0.2, 0) is 17.4 Å². The standard InChI is InChI=1S/C21H21F3N2OS2/c1-11-8-17(13(3)28-11)20-18(29-14(4)26-20)10-19(27)25-12(2)15-6-5-7-16(9-15)21(22,23)24/h5-9,12H,10H2,1-4H3,(H,25,27). The van der Waals surface area contributed by atoms with Gasteiger partial charge >= 0.3 is 6.18 Å². The third kappa shape index (κ3) is 5.05. The van der Waals surface area contributed by atoms with E-state index in [1.165, 1.54) is 22.3 Å². The summed E-state index contributed by atoms with van der Waals surface area (Å²) in [5.41, 5.74) is 1.54. The molecule has 3 aromatic rings. The molecule has 2 aromatic heterocycles. The molecule has 0 aliphatic carbocycles.